The van der Waals surface area contributed by atoms with Gasteiger partial charge in [0.2, 0.25) is 0 Å². The zero-order valence-electron chi connectivity index (χ0n) is 17.3. The molecule has 0 unspecified atom stereocenters. The number of hydrogen-bond acceptors (Lipinski definition) is 7. The number of non-ortho nitro benzene ring substituents is 1. The molecule has 2 amide bonds. The predicted molar refractivity (Wildman–Crippen MR) is 130 cm³/mol. The highest BCUT2D eigenvalue weighted by Gasteiger charge is 2.35. The van der Waals surface area contributed by atoms with Crippen molar-refractivity contribution in [1.82, 2.24) is 4.90 Å². The number of halogens is 1. The molecule has 0 spiro atoms. The van der Waals surface area contributed by atoms with Crippen molar-refractivity contribution < 1.29 is 24.0 Å². The second-order valence-corrected chi connectivity index (χ2v) is 8.97. The zero-order chi connectivity index (χ0) is 24.2. The van der Waals surface area contributed by atoms with Gasteiger partial charge in [-0.3, -0.25) is 24.6 Å². The molecule has 0 bridgehead atoms. The summed E-state index contributed by atoms with van der Waals surface area (Å²) in [5.74, 6) is -0.882. The number of nitrogens with zero attached hydrogens (tertiary/aromatic N) is 2. The Morgan fingerprint density at radius 2 is 1.79 bits per heavy atom. The summed E-state index contributed by atoms with van der Waals surface area (Å²) in [4.78, 5) is 49.2. The Bertz CT molecular complexity index is 1340. The summed E-state index contributed by atoms with van der Waals surface area (Å²) in [6.45, 7) is 0.163. The minimum absolute atomic E-state index is 0.0528. The first-order chi connectivity index (χ1) is 16.3. The Morgan fingerprint density at radius 3 is 2.50 bits per heavy atom. The second kappa shape index (κ2) is 10.0. The van der Waals surface area contributed by atoms with Gasteiger partial charge >= 0.3 is 5.97 Å². The molecule has 10 heteroatoms. The Morgan fingerprint density at radius 1 is 1.06 bits per heavy atom. The van der Waals surface area contributed by atoms with Gasteiger partial charge in [-0.2, -0.15) is 0 Å². The van der Waals surface area contributed by atoms with E-state index in [-0.39, 0.29) is 34.7 Å². The van der Waals surface area contributed by atoms with Gasteiger partial charge < -0.3 is 4.74 Å². The van der Waals surface area contributed by atoms with Crippen molar-refractivity contribution in [3.05, 3.63) is 109 Å². The summed E-state index contributed by atoms with van der Waals surface area (Å²) in [5, 5.41) is 10.5. The number of imide groups is 1. The number of carbonyl (C=O) groups excluding carboxylic acids is 3. The highest BCUT2D eigenvalue weighted by atomic mass is 79.9. The number of benzene rings is 3. The molecule has 0 aliphatic carbocycles. The van der Waals surface area contributed by atoms with E-state index in [2.05, 4.69) is 15.9 Å². The van der Waals surface area contributed by atoms with Crippen LogP contribution in [0.25, 0.3) is 6.08 Å². The molecular weight excluding hydrogens is 524 g/mol. The fourth-order valence-corrected chi connectivity index (χ4v) is 4.38. The molecule has 170 valence electrons. The lowest BCUT2D eigenvalue weighted by Crippen LogP contribution is -2.27. The van der Waals surface area contributed by atoms with Crippen molar-refractivity contribution in [3.8, 4) is 5.75 Å². The Kier molecular flexibility index (Phi) is 6.90. The van der Waals surface area contributed by atoms with Crippen molar-refractivity contribution in [1.29, 1.82) is 0 Å². The first-order valence-electron chi connectivity index (χ1n) is 9.87. The van der Waals surface area contributed by atoms with E-state index in [4.69, 9.17) is 4.74 Å². The van der Waals surface area contributed by atoms with Gasteiger partial charge in [-0.1, -0.05) is 52.3 Å². The lowest BCUT2D eigenvalue weighted by Gasteiger charge is -2.13. The lowest BCUT2D eigenvalue weighted by atomic mass is 10.2. The van der Waals surface area contributed by atoms with Crippen LogP contribution in [0.1, 0.15) is 21.5 Å². The number of nitro groups is 1. The molecule has 3 aromatic carbocycles. The van der Waals surface area contributed by atoms with Crippen LogP contribution in [0.2, 0.25) is 0 Å². The van der Waals surface area contributed by atoms with Crippen molar-refractivity contribution in [2.45, 2.75) is 6.54 Å². The third-order valence-corrected chi connectivity index (χ3v) is 6.52. The van der Waals surface area contributed by atoms with E-state index >= 15 is 0 Å². The molecule has 0 atom stereocenters. The van der Waals surface area contributed by atoms with Crippen LogP contribution in [0, 0.1) is 10.1 Å². The van der Waals surface area contributed by atoms with E-state index < -0.39 is 10.9 Å². The molecule has 0 radical (unpaired) electrons. The molecule has 3 aromatic rings. The van der Waals surface area contributed by atoms with Gasteiger partial charge in [0.15, 0.2) is 0 Å². The van der Waals surface area contributed by atoms with E-state index in [1.54, 1.807) is 18.2 Å². The van der Waals surface area contributed by atoms with Crippen LogP contribution < -0.4 is 4.74 Å². The van der Waals surface area contributed by atoms with Gasteiger partial charge in [0.05, 0.1) is 21.9 Å². The van der Waals surface area contributed by atoms with E-state index in [0.29, 0.717) is 10.5 Å². The van der Waals surface area contributed by atoms with E-state index in [1.807, 2.05) is 24.3 Å². The Labute approximate surface area is 206 Å². The minimum Gasteiger partial charge on any atom is -0.423 e. The van der Waals surface area contributed by atoms with Crippen LogP contribution in [-0.4, -0.2) is 26.9 Å². The molecule has 34 heavy (non-hydrogen) atoms. The maximum Gasteiger partial charge on any atom is 0.343 e. The summed E-state index contributed by atoms with van der Waals surface area (Å²) in [5.41, 5.74) is 1.30. The smallest absolute Gasteiger partial charge is 0.343 e. The number of rotatable bonds is 6. The summed E-state index contributed by atoms with van der Waals surface area (Å²) in [6, 6.07) is 19.0. The molecule has 0 aromatic heterocycles. The molecule has 1 aliphatic rings. The standard InChI is InChI=1S/C24H15BrN2O6S/c25-20-7-2-1-4-17(20)14-26-22(28)21(34-24(26)30)12-15-8-10-19(11-9-15)33-23(29)16-5-3-6-18(13-16)27(31)32/h1-13H,14H2/b21-12-. The topological polar surface area (TPSA) is 107 Å². The zero-order valence-corrected chi connectivity index (χ0v) is 19.7. The fourth-order valence-electron chi connectivity index (χ4n) is 3.13. The number of nitro benzene ring substituents is 1. The largest absolute Gasteiger partial charge is 0.423 e. The Balaban J connectivity index is 1.44. The van der Waals surface area contributed by atoms with Gasteiger partial charge in [0.1, 0.15) is 5.75 Å². The molecule has 0 saturated carbocycles. The van der Waals surface area contributed by atoms with Crippen LogP contribution in [0.5, 0.6) is 5.75 Å². The fraction of sp³-hybridized carbons (Fsp3) is 0.0417. The van der Waals surface area contributed by atoms with E-state index in [9.17, 15) is 24.5 Å². The summed E-state index contributed by atoms with van der Waals surface area (Å²) in [6.07, 6.45) is 1.59. The second-order valence-electron chi connectivity index (χ2n) is 7.13. The number of carbonyl (C=O) groups is 3. The molecule has 1 fully saturated rings. The summed E-state index contributed by atoms with van der Waals surface area (Å²) in [7, 11) is 0. The van der Waals surface area contributed by atoms with Crippen LogP contribution in [-0.2, 0) is 11.3 Å². The van der Waals surface area contributed by atoms with Crippen molar-refractivity contribution in [2.24, 2.45) is 0 Å². The average molecular weight is 539 g/mol. The molecule has 4 rings (SSSR count). The maximum atomic E-state index is 12.8. The van der Waals surface area contributed by atoms with Gasteiger partial charge in [0.25, 0.3) is 16.8 Å². The molecule has 1 heterocycles. The summed E-state index contributed by atoms with van der Waals surface area (Å²) < 4.78 is 6.09. The number of amides is 2. The highest BCUT2D eigenvalue weighted by molar-refractivity contribution is 9.10. The van der Waals surface area contributed by atoms with Crippen molar-refractivity contribution in [3.63, 3.8) is 0 Å². The third-order valence-electron chi connectivity index (χ3n) is 4.84. The summed E-state index contributed by atoms with van der Waals surface area (Å²) >= 11 is 4.28. The maximum absolute atomic E-state index is 12.8. The van der Waals surface area contributed by atoms with Crippen LogP contribution in [0.15, 0.2) is 82.2 Å². The SMILES string of the molecule is O=C(Oc1ccc(/C=C2\SC(=O)N(Cc3ccccc3Br)C2=O)cc1)c1cccc([N+](=O)[O-])c1. The average Bonchev–Trinajstić information content (AvgIpc) is 3.09. The molecular formula is C24H15BrN2O6S. The first kappa shape index (κ1) is 23.4. The third kappa shape index (κ3) is 5.24. The number of ether oxygens (including phenoxy) is 1. The number of hydrogen-bond donors (Lipinski definition) is 0. The quantitative estimate of drug-likeness (QED) is 0.128. The monoisotopic (exact) mass is 538 g/mol. The van der Waals surface area contributed by atoms with Crippen molar-refractivity contribution in [2.75, 3.05) is 0 Å². The predicted octanol–water partition coefficient (Wildman–Crippen LogP) is 5.81. The molecule has 0 N–H and O–H groups in total. The van der Waals surface area contributed by atoms with Crippen molar-refractivity contribution >= 4 is 56.6 Å². The number of esters is 1. The van der Waals surface area contributed by atoms with E-state index in [0.717, 1.165) is 27.9 Å². The van der Waals surface area contributed by atoms with Crippen LogP contribution in [0.3, 0.4) is 0 Å². The van der Waals surface area contributed by atoms with Crippen LogP contribution >= 0.6 is 27.7 Å². The molecule has 1 aliphatic heterocycles. The molecule has 8 nitrogen and oxygen atoms in total. The van der Waals surface area contributed by atoms with Crippen LogP contribution in [0.4, 0.5) is 10.5 Å². The molecule has 1 saturated heterocycles. The highest BCUT2D eigenvalue weighted by Crippen LogP contribution is 2.34. The normalized spacial score (nSPS) is 14.5. The van der Waals surface area contributed by atoms with Gasteiger partial charge in [-0.25, -0.2) is 4.79 Å². The first-order valence-corrected chi connectivity index (χ1v) is 11.5. The van der Waals surface area contributed by atoms with E-state index in [1.165, 1.54) is 35.2 Å². The Hall–Kier alpha value is -3.76. The lowest BCUT2D eigenvalue weighted by molar-refractivity contribution is -0.384. The van der Waals surface area contributed by atoms with Gasteiger partial charge in [-0.15, -0.1) is 0 Å². The number of thioether (sulfide) groups is 1. The van der Waals surface area contributed by atoms with Gasteiger partial charge in [0, 0.05) is 16.6 Å². The van der Waals surface area contributed by atoms with Gasteiger partial charge in [-0.05, 0) is 53.2 Å². The minimum atomic E-state index is -0.732.